The lowest BCUT2D eigenvalue weighted by Gasteiger charge is -2.13. The van der Waals surface area contributed by atoms with Crippen molar-refractivity contribution in [3.8, 4) is 11.5 Å². The van der Waals surface area contributed by atoms with Crippen molar-refractivity contribution in [2.75, 3.05) is 24.9 Å². The van der Waals surface area contributed by atoms with E-state index in [0.717, 1.165) is 17.1 Å². The van der Waals surface area contributed by atoms with Crippen molar-refractivity contribution in [2.45, 2.75) is 20.4 Å². The van der Waals surface area contributed by atoms with E-state index in [-0.39, 0.29) is 0 Å². The number of hydrogen-bond donors (Lipinski definition) is 2. The minimum absolute atomic E-state index is 0.570. The number of benzene rings is 2. The van der Waals surface area contributed by atoms with Crippen LogP contribution in [0.2, 0.25) is 0 Å². The van der Waals surface area contributed by atoms with Gasteiger partial charge >= 0.3 is 0 Å². The van der Waals surface area contributed by atoms with Gasteiger partial charge in [-0.1, -0.05) is 29.8 Å². The zero-order chi connectivity index (χ0) is 19.2. The van der Waals surface area contributed by atoms with Gasteiger partial charge in [0.2, 0.25) is 5.95 Å². The van der Waals surface area contributed by atoms with E-state index in [9.17, 15) is 0 Å². The van der Waals surface area contributed by atoms with Crippen LogP contribution in [0.5, 0.6) is 11.5 Å². The highest BCUT2D eigenvalue weighted by Crippen LogP contribution is 2.31. The number of nitrogens with one attached hydrogen (secondary N) is 2. The molecule has 6 nitrogen and oxygen atoms in total. The van der Waals surface area contributed by atoms with Crippen LogP contribution in [0.1, 0.15) is 16.8 Å². The van der Waals surface area contributed by atoms with E-state index < -0.39 is 0 Å². The third kappa shape index (κ3) is 4.88. The minimum Gasteiger partial charge on any atom is -0.497 e. The SMILES string of the molecule is COc1ccc(OC)c(Nc2cc(C)nc(NCc3cccc(C)c3)n2)c1. The Morgan fingerprint density at radius 3 is 2.52 bits per heavy atom. The third-order valence-corrected chi connectivity index (χ3v) is 4.06. The molecule has 6 heteroatoms. The van der Waals surface area contributed by atoms with E-state index in [0.29, 0.717) is 24.1 Å². The normalized spacial score (nSPS) is 10.4. The van der Waals surface area contributed by atoms with Crippen LogP contribution in [0.15, 0.2) is 48.5 Å². The maximum atomic E-state index is 5.42. The number of aromatic nitrogens is 2. The summed E-state index contributed by atoms with van der Waals surface area (Å²) in [6, 6.07) is 15.8. The Bertz CT molecular complexity index is 928. The summed E-state index contributed by atoms with van der Waals surface area (Å²) in [6.07, 6.45) is 0. The van der Waals surface area contributed by atoms with Gasteiger partial charge in [-0.25, -0.2) is 4.98 Å². The minimum atomic E-state index is 0.570. The molecular formula is C21H24N4O2. The van der Waals surface area contributed by atoms with E-state index in [1.54, 1.807) is 14.2 Å². The van der Waals surface area contributed by atoms with E-state index >= 15 is 0 Å². The average molecular weight is 364 g/mol. The van der Waals surface area contributed by atoms with Gasteiger partial charge in [-0.15, -0.1) is 0 Å². The molecule has 1 heterocycles. The van der Waals surface area contributed by atoms with E-state index in [1.807, 2.05) is 37.3 Å². The second kappa shape index (κ2) is 8.40. The maximum Gasteiger partial charge on any atom is 0.225 e. The number of anilines is 3. The van der Waals surface area contributed by atoms with Gasteiger partial charge < -0.3 is 20.1 Å². The highest BCUT2D eigenvalue weighted by Gasteiger charge is 2.08. The number of hydrogen-bond acceptors (Lipinski definition) is 6. The summed E-state index contributed by atoms with van der Waals surface area (Å²) in [6.45, 7) is 4.68. The number of methoxy groups -OCH3 is 2. The molecular weight excluding hydrogens is 340 g/mol. The number of rotatable bonds is 7. The first-order valence-corrected chi connectivity index (χ1v) is 8.71. The lowest BCUT2D eigenvalue weighted by Crippen LogP contribution is -2.07. The first-order valence-electron chi connectivity index (χ1n) is 8.71. The Hall–Kier alpha value is -3.28. The molecule has 0 amide bonds. The second-order valence-electron chi connectivity index (χ2n) is 6.25. The molecule has 3 rings (SSSR count). The maximum absolute atomic E-state index is 5.42. The van der Waals surface area contributed by atoms with Crippen molar-refractivity contribution in [1.82, 2.24) is 9.97 Å². The molecule has 0 aliphatic heterocycles. The fourth-order valence-corrected chi connectivity index (χ4v) is 2.76. The average Bonchev–Trinajstić information content (AvgIpc) is 2.66. The van der Waals surface area contributed by atoms with Crippen molar-refractivity contribution in [3.63, 3.8) is 0 Å². The Labute approximate surface area is 159 Å². The Kier molecular flexibility index (Phi) is 5.76. The van der Waals surface area contributed by atoms with Gasteiger partial charge in [-0.05, 0) is 31.5 Å². The molecule has 0 unspecified atom stereocenters. The lowest BCUT2D eigenvalue weighted by atomic mass is 10.1. The van der Waals surface area contributed by atoms with Gasteiger partial charge in [0.05, 0.1) is 19.9 Å². The molecule has 0 fully saturated rings. The lowest BCUT2D eigenvalue weighted by molar-refractivity contribution is 0.405. The molecule has 0 spiro atoms. The highest BCUT2D eigenvalue weighted by atomic mass is 16.5. The van der Waals surface area contributed by atoms with Crippen molar-refractivity contribution in [2.24, 2.45) is 0 Å². The van der Waals surface area contributed by atoms with Crippen LogP contribution in [-0.2, 0) is 6.54 Å². The second-order valence-corrected chi connectivity index (χ2v) is 6.25. The van der Waals surface area contributed by atoms with E-state index in [4.69, 9.17) is 9.47 Å². The summed E-state index contributed by atoms with van der Waals surface area (Å²) in [7, 11) is 3.26. The molecule has 3 aromatic rings. The van der Waals surface area contributed by atoms with Crippen LogP contribution in [0, 0.1) is 13.8 Å². The van der Waals surface area contributed by atoms with Crippen LogP contribution < -0.4 is 20.1 Å². The van der Waals surface area contributed by atoms with Crippen LogP contribution in [0.25, 0.3) is 0 Å². The molecule has 140 valence electrons. The fraction of sp³-hybridized carbons (Fsp3) is 0.238. The van der Waals surface area contributed by atoms with E-state index in [2.05, 4.69) is 45.7 Å². The predicted octanol–water partition coefficient (Wildman–Crippen LogP) is 4.47. The Morgan fingerprint density at radius 1 is 0.926 bits per heavy atom. The van der Waals surface area contributed by atoms with Crippen molar-refractivity contribution >= 4 is 17.5 Å². The largest absolute Gasteiger partial charge is 0.497 e. The number of aryl methyl sites for hydroxylation is 2. The molecule has 0 saturated carbocycles. The van der Waals surface area contributed by atoms with Gasteiger partial charge in [0.15, 0.2) is 0 Å². The Balaban J connectivity index is 1.79. The van der Waals surface area contributed by atoms with Crippen molar-refractivity contribution < 1.29 is 9.47 Å². The van der Waals surface area contributed by atoms with Gasteiger partial charge in [0.25, 0.3) is 0 Å². The van der Waals surface area contributed by atoms with Gasteiger partial charge in [0, 0.05) is 24.4 Å². The first kappa shape index (κ1) is 18.5. The summed E-state index contributed by atoms with van der Waals surface area (Å²) < 4.78 is 10.7. The molecule has 27 heavy (non-hydrogen) atoms. The van der Waals surface area contributed by atoms with Crippen LogP contribution in [-0.4, -0.2) is 24.2 Å². The smallest absolute Gasteiger partial charge is 0.225 e. The molecule has 0 radical (unpaired) electrons. The monoisotopic (exact) mass is 364 g/mol. The summed E-state index contributed by atoms with van der Waals surface area (Å²) in [5, 5.41) is 6.58. The van der Waals surface area contributed by atoms with Gasteiger partial charge in [-0.3, -0.25) is 0 Å². The molecule has 0 aliphatic rings. The first-order chi connectivity index (χ1) is 13.1. The zero-order valence-corrected chi connectivity index (χ0v) is 16.0. The summed E-state index contributed by atoms with van der Waals surface area (Å²) in [5.74, 6) is 2.70. The molecule has 0 bridgehead atoms. The molecule has 2 aromatic carbocycles. The van der Waals surface area contributed by atoms with Crippen LogP contribution in [0.3, 0.4) is 0 Å². The summed E-state index contributed by atoms with van der Waals surface area (Å²) in [5.41, 5.74) is 4.05. The van der Waals surface area contributed by atoms with Gasteiger partial charge in [0.1, 0.15) is 17.3 Å². The fourth-order valence-electron chi connectivity index (χ4n) is 2.76. The van der Waals surface area contributed by atoms with Crippen LogP contribution in [0.4, 0.5) is 17.5 Å². The predicted molar refractivity (Wildman–Crippen MR) is 108 cm³/mol. The van der Waals surface area contributed by atoms with Crippen LogP contribution >= 0.6 is 0 Å². The van der Waals surface area contributed by atoms with Gasteiger partial charge in [-0.2, -0.15) is 4.98 Å². The summed E-state index contributed by atoms with van der Waals surface area (Å²) in [4.78, 5) is 9.04. The molecule has 1 aromatic heterocycles. The standard InChI is InChI=1S/C21H24N4O2/c1-14-6-5-7-16(10-14)13-22-21-23-15(2)11-20(25-21)24-18-12-17(26-3)8-9-19(18)27-4/h5-12H,13H2,1-4H3,(H2,22,23,24,25). The topological polar surface area (TPSA) is 68.3 Å². The summed E-state index contributed by atoms with van der Waals surface area (Å²) >= 11 is 0. The van der Waals surface area contributed by atoms with Crippen molar-refractivity contribution in [3.05, 3.63) is 65.4 Å². The molecule has 0 saturated heterocycles. The van der Waals surface area contributed by atoms with E-state index in [1.165, 1.54) is 11.1 Å². The zero-order valence-electron chi connectivity index (χ0n) is 16.0. The van der Waals surface area contributed by atoms with Crippen molar-refractivity contribution in [1.29, 1.82) is 0 Å². The quantitative estimate of drug-likeness (QED) is 0.645. The molecule has 0 aliphatic carbocycles. The Morgan fingerprint density at radius 2 is 1.78 bits per heavy atom. The number of ether oxygens (including phenoxy) is 2. The number of nitrogens with zero attached hydrogens (tertiary/aromatic N) is 2. The highest BCUT2D eigenvalue weighted by molar-refractivity contribution is 5.67. The third-order valence-electron chi connectivity index (χ3n) is 4.06. The molecule has 0 atom stereocenters. The molecule has 2 N–H and O–H groups in total.